The summed E-state index contributed by atoms with van der Waals surface area (Å²) in [5, 5.41) is 21.4. The minimum absolute atomic E-state index is 0.0463. The first kappa shape index (κ1) is 16.1. The summed E-state index contributed by atoms with van der Waals surface area (Å²) < 4.78 is 5.07. The van der Waals surface area contributed by atoms with Gasteiger partial charge in [-0.05, 0) is 12.5 Å². The van der Waals surface area contributed by atoms with E-state index in [0.717, 1.165) is 0 Å². The van der Waals surface area contributed by atoms with Gasteiger partial charge in [-0.15, -0.1) is 0 Å². The molecule has 2 aliphatic carbocycles. The number of phenolic OH excluding ortho intramolecular Hbond substituents is 2. The van der Waals surface area contributed by atoms with Crippen molar-refractivity contribution >= 4 is 17.5 Å². The fourth-order valence-electron chi connectivity index (χ4n) is 3.55. The van der Waals surface area contributed by atoms with Gasteiger partial charge in [0, 0.05) is 35.6 Å². The summed E-state index contributed by atoms with van der Waals surface area (Å²) in [6, 6.07) is 6.30. The first-order valence-electron chi connectivity index (χ1n) is 8.05. The smallest absolute Gasteiger partial charge is 0.307 e. The Hall–Kier alpha value is -3.41. The summed E-state index contributed by atoms with van der Waals surface area (Å²) in [4.78, 5) is 36.8. The Balaban J connectivity index is 1.93. The van der Waals surface area contributed by atoms with Gasteiger partial charge >= 0.3 is 5.97 Å². The Bertz CT molecular complexity index is 1040. The van der Waals surface area contributed by atoms with Crippen LogP contribution in [0.3, 0.4) is 0 Å². The van der Waals surface area contributed by atoms with Crippen LogP contribution in [0.1, 0.15) is 49.9 Å². The lowest BCUT2D eigenvalue weighted by atomic mass is 9.78. The van der Waals surface area contributed by atoms with Gasteiger partial charge in [0.15, 0.2) is 11.6 Å². The fourth-order valence-corrected chi connectivity index (χ4v) is 3.55. The van der Waals surface area contributed by atoms with Gasteiger partial charge in [-0.25, -0.2) is 0 Å². The lowest BCUT2D eigenvalue weighted by Gasteiger charge is -2.25. The molecule has 0 aromatic heterocycles. The van der Waals surface area contributed by atoms with Crippen LogP contribution in [0, 0.1) is 0 Å². The molecule has 6 nitrogen and oxygen atoms in total. The number of ketones is 2. The highest BCUT2D eigenvalue weighted by atomic mass is 16.5. The maximum Gasteiger partial charge on any atom is 0.307 e. The molecule has 0 bridgehead atoms. The number of carbonyl (C=O) groups excluding carboxylic acids is 3. The SMILES string of the molecule is CC(=O)OC1=CCc2c(O)c3c(c(O)c2C1)C(=O)c1ccccc1C3=O. The predicted molar refractivity (Wildman–Crippen MR) is 90.3 cm³/mol. The summed E-state index contributed by atoms with van der Waals surface area (Å²) >= 11 is 0. The molecule has 0 fully saturated rings. The molecule has 0 heterocycles. The Kier molecular flexibility index (Phi) is 3.44. The molecule has 0 atom stereocenters. The monoisotopic (exact) mass is 350 g/mol. The highest BCUT2D eigenvalue weighted by Crippen LogP contribution is 2.45. The second kappa shape index (κ2) is 5.56. The van der Waals surface area contributed by atoms with E-state index in [9.17, 15) is 24.6 Å². The quantitative estimate of drug-likeness (QED) is 0.516. The number of hydrogen-bond acceptors (Lipinski definition) is 6. The van der Waals surface area contributed by atoms with E-state index in [2.05, 4.69) is 0 Å². The largest absolute Gasteiger partial charge is 0.507 e. The maximum absolute atomic E-state index is 12.8. The first-order chi connectivity index (χ1) is 12.4. The summed E-state index contributed by atoms with van der Waals surface area (Å²) in [7, 11) is 0. The number of allylic oxidation sites excluding steroid dienone is 2. The molecule has 2 aliphatic rings. The molecule has 0 amide bonds. The number of benzene rings is 2. The van der Waals surface area contributed by atoms with Crippen LogP contribution < -0.4 is 0 Å². The average molecular weight is 350 g/mol. The third kappa shape index (κ3) is 2.15. The molecule has 26 heavy (non-hydrogen) atoms. The Labute approximate surface area is 148 Å². The minimum Gasteiger partial charge on any atom is -0.507 e. The highest BCUT2D eigenvalue weighted by molar-refractivity contribution is 6.30. The van der Waals surface area contributed by atoms with Gasteiger partial charge in [0.05, 0.1) is 11.1 Å². The van der Waals surface area contributed by atoms with E-state index in [4.69, 9.17) is 4.74 Å². The Morgan fingerprint density at radius 2 is 1.50 bits per heavy atom. The van der Waals surface area contributed by atoms with Crippen LogP contribution in [0.15, 0.2) is 36.1 Å². The van der Waals surface area contributed by atoms with Crippen LogP contribution in [0.4, 0.5) is 0 Å². The van der Waals surface area contributed by atoms with Crippen LogP contribution in [-0.4, -0.2) is 27.7 Å². The average Bonchev–Trinajstić information content (AvgIpc) is 2.62. The molecule has 0 radical (unpaired) electrons. The van der Waals surface area contributed by atoms with Gasteiger partial charge in [0.2, 0.25) is 0 Å². The zero-order chi connectivity index (χ0) is 18.6. The topological polar surface area (TPSA) is 101 Å². The van der Waals surface area contributed by atoms with Crippen molar-refractivity contribution in [1.82, 2.24) is 0 Å². The van der Waals surface area contributed by atoms with Crippen molar-refractivity contribution in [2.24, 2.45) is 0 Å². The normalized spacial score (nSPS) is 14.9. The molecule has 4 rings (SSSR count). The van der Waals surface area contributed by atoms with Gasteiger partial charge in [0.25, 0.3) is 0 Å². The number of ether oxygens (including phenoxy) is 1. The second-order valence-electron chi connectivity index (χ2n) is 6.25. The molecule has 130 valence electrons. The summed E-state index contributed by atoms with van der Waals surface area (Å²) in [6.07, 6.45) is 1.83. The van der Waals surface area contributed by atoms with Crippen molar-refractivity contribution in [2.45, 2.75) is 19.8 Å². The fraction of sp³-hybridized carbons (Fsp3) is 0.150. The molecule has 0 unspecified atom stereocenters. The van der Waals surface area contributed by atoms with Gasteiger partial charge in [0.1, 0.15) is 17.3 Å². The van der Waals surface area contributed by atoms with E-state index in [1.54, 1.807) is 18.2 Å². The predicted octanol–water partition coefficient (Wildman–Crippen LogP) is 2.42. The second-order valence-corrected chi connectivity index (χ2v) is 6.25. The van der Waals surface area contributed by atoms with Crippen molar-refractivity contribution in [3.05, 3.63) is 69.5 Å². The number of carbonyl (C=O) groups is 3. The van der Waals surface area contributed by atoms with Crippen molar-refractivity contribution in [2.75, 3.05) is 0 Å². The molecule has 2 N–H and O–H groups in total. The van der Waals surface area contributed by atoms with Crippen LogP contribution in [0.2, 0.25) is 0 Å². The first-order valence-corrected chi connectivity index (χ1v) is 8.05. The third-order valence-corrected chi connectivity index (χ3v) is 4.69. The molecule has 2 aromatic rings. The molecule has 0 aliphatic heterocycles. The lowest BCUT2D eigenvalue weighted by Crippen LogP contribution is -2.23. The van der Waals surface area contributed by atoms with Crippen molar-refractivity contribution in [1.29, 1.82) is 0 Å². The highest BCUT2D eigenvalue weighted by Gasteiger charge is 2.38. The van der Waals surface area contributed by atoms with E-state index >= 15 is 0 Å². The number of hydrogen-bond donors (Lipinski definition) is 2. The van der Waals surface area contributed by atoms with Crippen LogP contribution in [0.5, 0.6) is 11.5 Å². The molecule has 6 heteroatoms. The maximum atomic E-state index is 12.8. The van der Waals surface area contributed by atoms with Gasteiger partial charge in [-0.1, -0.05) is 24.3 Å². The molecule has 0 saturated heterocycles. The van der Waals surface area contributed by atoms with E-state index in [0.29, 0.717) is 16.9 Å². The Morgan fingerprint density at radius 1 is 0.962 bits per heavy atom. The van der Waals surface area contributed by atoms with Gasteiger partial charge in [-0.2, -0.15) is 0 Å². The molecule has 2 aromatic carbocycles. The number of phenols is 2. The minimum atomic E-state index is -0.519. The standard InChI is InChI=1S/C20H14O6/c1-9(21)26-10-6-7-13-14(8-10)20(25)16-15(19(13)24)17(22)11-4-2-3-5-12(11)18(16)23/h2-6,24-25H,7-8H2,1H3. The Morgan fingerprint density at radius 3 is 2.04 bits per heavy atom. The third-order valence-electron chi connectivity index (χ3n) is 4.69. The molecule has 0 spiro atoms. The number of rotatable bonds is 1. The number of fused-ring (bicyclic) bond motifs is 3. The summed E-state index contributed by atoms with van der Waals surface area (Å²) in [6.45, 7) is 1.26. The molecular formula is C20H14O6. The number of esters is 1. The van der Waals surface area contributed by atoms with E-state index in [-0.39, 0.29) is 46.6 Å². The van der Waals surface area contributed by atoms with Crippen molar-refractivity contribution in [3.8, 4) is 11.5 Å². The van der Waals surface area contributed by atoms with Gasteiger partial charge in [-0.3, -0.25) is 14.4 Å². The van der Waals surface area contributed by atoms with E-state index in [1.165, 1.54) is 19.1 Å². The van der Waals surface area contributed by atoms with Crippen LogP contribution in [0.25, 0.3) is 0 Å². The van der Waals surface area contributed by atoms with E-state index < -0.39 is 17.5 Å². The van der Waals surface area contributed by atoms with Crippen molar-refractivity contribution in [3.63, 3.8) is 0 Å². The van der Waals surface area contributed by atoms with Crippen molar-refractivity contribution < 1.29 is 29.3 Å². The summed E-state index contributed by atoms with van der Waals surface area (Å²) in [5.41, 5.74) is 0.666. The lowest BCUT2D eigenvalue weighted by molar-refractivity contribution is -0.137. The van der Waals surface area contributed by atoms with Gasteiger partial charge < -0.3 is 14.9 Å². The molecule has 0 saturated carbocycles. The summed E-state index contributed by atoms with van der Waals surface area (Å²) in [5.74, 6) is -1.84. The number of aromatic hydroxyl groups is 2. The molecular weight excluding hydrogens is 336 g/mol. The zero-order valence-electron chi connectivity index (χ0n) is 13.8. The van der Waals surface area contributed by atoms with Crippen LogP contribution in [-0.2, 0) is 22.4 Å². The zero-order valence-corrected chi connectivity index (χ0v) is 13.8. The van der Waals surface area contributed by atoms with Crippen LogP contribution >= 0.6 is 0 Å². The van der Waals surface area contributed by atoms with E-state index in [1.807, 2.05) is 0 Å².